The first-order chi connectivity index (χ1) is 12.0. The zero-order chi connectivity index (χ0) is 17.9. The van der Waals surface area contributed by atoms with Crippen molar-refractivity contribution in [3.8, 4) is 5.75 Å². The van der Waals surface area contributed by atoms with Gasteiger partial charge in [0.15, 0.2) is 0 Å². The van der Waals surface area contributed by atoms with Gasteiger partial charge in [-0.05, 0) is 36.6 Å². The quantitative estimate of drug-likeness (QED) is 0.778. The maximum absolute atomic E-state index is 12.6. The summed E-state index contributed by atoms with van der Waals surface area (Å²) < 4.78 is 5.14. The van der Waals surface area contributed by atoms with E-state index < -0.39 is 5.41 Å². The topological polar surface area (TPSA) is 67.4 Å². The average molecular weight is 359 g/mol. The Balaban J connectivity index is 1.63. The Bertz CT molecular complexity index is 803. The second-order valence-corrected chi connectivity index (χ2v) is 6.45. The fraction of sp³-hybridized carbons (Fsp3) is 0.263. The number of benzene rings is 2. The van der Waals surface area contributed by atoms with Crippen LogP contribution < -0.4 is 15.4 Å². The van der Waals surface area contributed by atoms with Crippen LogP contribution in [0.3, 0.4) is 0 Å². The molecule has 0 atom stereocenters. The van der Waals surface area contributed by atoms with Crippen molar-refractivity contribution in [1.29, 1.82) is 0 Å². The predicted octanol–water partition coefficient (Wildman–Crippen LogP) is 3.38. The molecular weight excluding hydrogens is 340 g/mol. The molecule has 5 nitrogen and oxygen atoms in total. The summed E-state index contributed by atoms with van der Waals surface area (Å²) >= 11 is 6.09. The molecular formula is C19H19ClN2O3. The maximum atomic E-state index is 12.6. The van der Waals surface area contributed by atoms with E-state index in [9.17, 15) is 9.59 Å². The lowest BCUT2D eigenvalue weighted by atomic mass is 10.0. The molecule has 2 N–H and O–H groups in total. The Hall–Kier alpha value is -2.53. The number of methoxy groups -OCH3 is 1. The van der Waals surface area contributed by atoms with Crippen LogP contribution in [0.1, 0.15) is 18.4 Å². The lowest BCUT2D eigenvalue weighted by Crippen LogP contribution is -2.39. The Kier molecular flexibility index (Phi) is 4.95. The summed E-state index contributed by atoms with van der Waals surface area (Å²) in [6.45, 7) is 0.298. The molecule has 0 bridgehead atoms. The summed E-state index contributed by atoms with van der Waals surface area (Å²) in [7, 11) is 1.56. The number of carbonyl (C=O) groups excluding carboxylic acids is 2. The first-order valence-electron chi connectivity index (χ1n) is 8.02. The summed E-state index contributed by atoms with van der Waals surface area (Å²) in [5.41, 5.74) is 0.431. The van der Waals surface area contributed by atoms with Crippen molar-refractivity contribution in [2.45, 2.75) is 19.4 Å². The van der Waals surface area contributed by atoms with E-state index in [1.165, 1.54) is 0 Å². The van der Waals surface area contributed by atoms with Crippen LogP contribution in [0.5, 0.6) is 5.75 Å². The maximum Gasteiger partial charge on any atom is 0.240 e. The number of hydrogen-bond donors (Lipinski definition) is 2. The van der Waals surface area contributed by atoms with Crippen molar-refractivity contribution in [1.82, 2.24) is 5.32 Å². The Morgan fingerprint density at radius 3 is 2.56 bits per heavy atom. The van der Waals surface area contributed by atoms with Gasteiger partial charge in [-0.1, -0.05) is 35.9 Å². The summed E-state index contributed by atoms with van der Waals surface area (Å²) in [5.74, 6) is 0.0797. The predicted molar refractivity (Wildman–Crippen MR) is 96.6 cm³/mol. The van der Waals surface area contributed by atoms with E-state index in [0.29, 0.717) is 35.8 Å². The van der Waals surface area contributed by atoms with Gasteiger partial charge in [0.25, 0.3) is 0 Å². The number of rotatable bonds is 6. The number of anilines is 1. The third kappa shape index (κ3) is 3.77. The second kappa shape index (κ2) is 7.15. The van der Waals surface area contributed by atoms with Crippen molar-refractivity contribution in [3.05, 3.63) is 59.1 Å². The third-order valence-electron chi connectivity index (χ3n) is 4.34. The zero-order valence-electron chi connectivity index (χ0n) is 13.8. The minimum Gasteiger partial charge on any atom is -0.497 e. The molecule has 0 aliphatic heterocycles. The Morgan fingerprint density at radius 2 is 1.88 bits per heavy atom. The van der Waals surface area contributed by atoms with E-state index in [1.54, 1.807) is 37.4 Å². The van der Waals surface area contributed by atoms with Gasteiger partial charge in [-0.15, -0.1) is 0 Å². The van der Waals surface area contributed by atoms with Gasteiger partial charge in [0.1, 0.15) is 11.2 Å². The third-order valence-corrected chi connectivity index (χ3v) is 4.71. The van der Waals surface area contributed by atoms with Crippen molar-refractivity contribution in [2.75, 3.05) is 12.4 Å². The monoisotopic (exact) mass is 358 g/mol. The molecule has 2 aromatic carbocycles. The molecule has 1 fully saturated rings. The molecule has 0 spiro atoms. The van der Waals surface area contributed by atoms with Crippen LogP contribution in [-0.4, -0.2) is 18.9 Å². The number of halogens is 1. The van der Waals surface area contributed by atoms with Crippen LogP contribution in [0.25, 0.3) is 0 Å². The van der Waals surface area contributed by atoms with Crippen LogP contribution in [0.4, 0.5) is 5.69 Å². The highest BCUT2D eigenvalue weighted by Crippen LogP contribution is 2.47. The highest BCUT2D eigenvalue weighted by atomic mass is 35.5. The van der Waals surface area contributed by atoms with Gasteiger partial charge in [-0.3, -0.25) is 9.59 Å². The minimum atomic E-state index is -0.996. The Labute approximate surface area is 151 Å². The standard InChI is InChI=1S/C19H19ClN2O3/c1-25-15-7-4-6-14(11-15)22-18(24)19(9-10-19)17(23)21-12-13-5-2-3-8-16(13)20/h2-8,11H,9-10,12H2,1H3,(H,21,23)(H,22,24). The molecule has 0 aromatic heterocycles. The van der Waals surface area contributed by atoms with Gasteiger partial charge in [0, 0.05) is 23.3 Å². The molecule has 25 heavy (non-hydrogen) atoms. The lowest BCUT2D eigenvalue weighted by Gasteiger charge is -2.16. The van der Waals surface area contributed by atoms with E-state index in [4.69, 9.17) is 16.3 Å². The number of hydrogen-bond acceptors (Lipinski definition) is 3. The molecule has 1 aliphatic carbocycles. The number of carbonyl (C=O) groups is 2. The zero-order valence-corrected chi connectivity index (χ0v) is 14.6. The summed E-state index contributed by atoms with van der Waals surface area (Å²) in [5, 5.41) is 6.22. The molecule has 3 rings (SSSR count). The fourth-order valence-electron chi connectivity index (χ4n) is 2.62. The van der Waals surface area contributed by atoms with Crippen LogP contribution in [-0.2, 0) is 16.1 Å². The van der Waals surface area contributed by atoms with E-state index in [0.717, 1.165) is 5.56 Å². The molecule has 0 saturated heterocycles. The van der Waals surface area contributed by atoms with Gasteiger partial charge in [0.2, 0.25) is 11.8 Å². The molecule has 2 aromatic rings. The van der Waals surface area contributed by atoms with Crippen LogP contribution >= 0.6 is 11.6 Å². The highest BCUT2D eigenvalue weighted by molar-refractivity contribution is 6.31. The molecule has 2 amide bonds. The molecule has 0 radical (unpaired) electrons. The fourth-order valence-corrected chi connectivity index (χ4v) is 2.82. The highest BCUT2D eigenvalue weighted by Gasteiger charge is 2.56. The summed E-state index contributed by atoms with van der Waals surface area (Å²) in [6, 6.07) is 14.4. The van der Waals surface area contributed by atoms with Gasteiger partial charge in [0.05, 0.1) is 7.11 Å². The SMILES string of the molecule is COc1cccc(NC(=O)C2(C(=O)NCc3ccccc3Cl)CC2)c1. The van der Waals surface area contributed by atoms with Gasteiger partial charge >= 0.3 is 0 Å². The van der Waals surface area contributed by atoms with Crippen LogP contribution in [0, 0.1) is 5.41 Å². The molecule has 1 aliphatic rings. The second-order valence-electron chi connectivity index (χ2n) is 6.04. The van der Waals surface area contributed by atoms with Gasteiger partial charge < -0.3 is 15.4 Å². The normalized spacial score (nSPS) is 14.5. The number of ether oxygens (including phenoxy) is 1. The van der Waals surface area contributed by atoms with E-state index >= 15 is 0 Å². The molecule has 6 heteroatoms. The molecule has 0 heterocycles. The van der Waals surface area contributed by atoms with Crippen molar-refractivity contribution in [3.63, 3.8) is 0 Å². The number of amides is 2. The lowest BCUT2D eigenvalue weighted by molar-refractivity contribution is -0.134. The first-order valence-corrected chi connectivity index (χ1v) is 8.40. The summed E-state index contributed by atoms with van der Waals surface area (Å²) in [6.07, 6.45) is 1.08. The van der Waals surface area contributed by atoms with Crippen molar-refractivity contribution < 1.29 is 14.3 Å². The van der Waals surface area contributed by atoms with E-state index in [1.807, 2.05) is 18.2 Å². The minimum absolute atomic E-state index is 0.271. The molecule has 1 saturated carbocycles. The first kappa shape index (κ1) is 17.3. The summed E-state index contributed by atoms with van der Waals surface area (Å²) in [4.78, 5) is 25.1. The van der Waals surface area contributed by atoms with E-state index in [-0.39, 0.29) is 11.8 Å². The molecule has 0 unspecified atom stereocenters. The largest absolute Gasteiger partial charge is 0.497 e. The van der Waals surface area contributed by atoms with Gasteiger partial charge in [-0.2, -0.15) is 0 Å². The van der Waals surface area contributed by atoms with Crippen molar-refractivity contribution in [2.24, 2.45) is 5.41 Å². The van der Waals surface area contributed by atoms with Crippen LogP contribution in [0.2, 0.25) is 5.02 Å². The Morgan fingerprint density at radius 1 is 1.12 bits per heavy atom. The molecule has 130 valence electrons. The van der Waals surface area contributed by atoms with Crippen LogP contribution in [0.15, 0.2) is 48.5 Å². The van der Waals surface area contributed by atoms with Gasteiger partial charge in [-0.25, -0.2) is 0 Å². The van der Waals surface area contributed by atoms with E-state index in [2.05, 4.69) is 10.6 Å². The number of nitrogens with one attached hydrogen (secondary N) is 2. The average Bonchev–Trinajstić information content (AvgIpc) is 3.43. The van der Waals surface area contributed by atoms with Crippen molar-refractivity contribution >= 4 is 29.1 Å². The smallest absolute Gasteiger partial charge is 0.240 e.